The van der Waals surface area contributed by atoms with Crippen LogP contribution < -0.4 is 0 Å². The molecule has 1 aliphatic heterocycles. The highest BCUT2D eigenvalue weighted by atomic mass is 16.6. The zero-order valence-corrected chi connectivity index (χ0v) is 14.7. The lowest BCUT2D eigenvalue weighted by Crippen LogP contribution is -2.65. The van der Waals surface area contributed by atoms with Gasteiger partial charge in [-0.05, 0) is 27.7 Å². The van der Waals surface area contributed by atoms with Crippen molar-refractivity contribution in [2.75, 3.05) is 13.1 Å². The first-order chi connectivity index (χ1) is 11.7. The van der Waals surface area contributed by atoms with Gasteiger partial charge in [0.1, 0.15) is 0 Å². The number of hydrogen-bond acceptors (Lipinski definition) is 9. The summed E-state index contributed by atoms with van der Waals surface area (Å²) in [7, 11) is 0. The first-order valence-electron chi connectivity index (χ1n) is 7.43. The molecule has 1 aromatic carbocycles. The molecule has 0 atom stereocenters. The van der Waals surface area contributed by atoms with Gasteiger partial charge in [-0.15, -0.1) is 0 Å². The molecular weight excluding hydrogens is 352 g/mol. The zero-order chi connectivity index (χ0) is 20.4. The largest absolute Gasteiger partial charge is 0.497 e. The fourth-order valence-electron chi connectivity index (χ4n) is 2.22. The molecule has 12 heteroatoms. The lowest BCUT2D eigenvalue weighted by atomic mass is 9.90. The number of phenols is 1. The van der Waals surface area contributed by atoms with E-state index in [1.54, 1.807) is 0 Å². The van der Waals surface area contributed by atoms with Gasteiger partial charge in [0.15, 0.2) is 0 Å². The standard InChI is InChI=1S/C8H17NO.C6H3N3O7/c1-7(2,3)9-5-8(4,10)6-9;10-6-4(8(13)14)1-3(7(11)12)2-5(6)9(15)16/h10H,5-6H2,1-4H3;1-2,10H. The van der Waals surface area contributed by atoms with Crippen molar-refractivity contribution in [3.8, 4) is 5.75 Å². The van der Waals surface area contributed by atoms with Gasteiger partial charge in [-0.3, -0.25) is 35.2 Å². The summed E-state index contributed by atoms with van der Waals surface area (Å²) in [5, 5.41) is 49.6. The average molecular weight is 372 g/mol. The number of β-amino-alcohol motifs (C(OH)–C–C–N with tert-alkyl or cyclic N) is 1. The molecule has 0 amide bonds. The van der Waals surface area contributed by atoms with Gasteiger partial charge in [-0.1, -0.05) is 0 Å². The molecule has 12 nitrogen and oxygen atoms in total. The summed E-state index contributed by atoms with van der Waals surface area (Å²) in [5.41, 5.74) is -3.20. The fourth-order valence-corrected chi connectivity index (χ4v) is 2.22. The van der Waals surface area contributed by atoms with Gasteiger partial charge in [-0.2, -0.15) is 0 Å². The highest BCUT2D eigenvalue weighted by molar-refractivity contribution is 5.64. The van der Waals surface area contributed by atoms with Crippen LogP contribution >= 0.6 is 0 Å². The molecule has 0 saturated carbocycles. The summed E-state index contributed by atoms with van der Waals surface area (Å²) in [6.45, 7) is 10.0. The highest BCUT2D eigenvalue weighted by Crippen LogP contribution is 2.38. The van der Waals surface area contributed by atoms with Gasteiger partial charge in [0.05, 0.1) is 32.5 Å². The molecule has 1 fully saturated rings. The maximum atomic E-state index is 10.4. The molecular formula is C14H20N4O8. The Morgan fingerprint density at radius 2 is 1.38 bits per heavy atom. The molecule has 0 spiro atoms. The van der Waals surface area contributed by atoms with Gasteiger partial charge < -0.3 is 10.2 Å². The van der Waals surface area contributed by atoms with E-state index < -0.39 is 43.2 Å². The molecule has 26 heavy (non-hydrogen) atoms. The topological polar surface area (TPSA) is 173 Å². The third-order valence-electron chi connectivity index (χ3n) is 3.67. The summed E-state index contributed by atoms with van der Waals surface area (Å²) in [6, 6.07) is 0.894. The number of nitrogens with zero attached hydrogens (tertiary/aromatic N) is 4. The molecule has 0 aliphatic carbocycles. The molecule has 0 aromatic heterocycles. The number of benzene rings is 1. The van der Waals surface area contributed by atoms with Crippen molar-refractivity contribution < 1.29 is 25.0 Å². The van der Waals surface area contributed by atoms with Crippen LogP contribution in [-0.2, 0) is 0 Å². The predicted molar refractivity (Wildman–Crippen MR) is 90.0 cm³/mol. The van der Waals surface area contributed by atoms with Crippen LogP contribution in [0.25, 0.3) is 0 Å². The van der Waals surface area contributed by atoms with E-state index in [-0.39, 0.29) is 5.54 Å². The Bertz CT molecular complexity index is 698. The van der Waals surface area contributed by atoms with Gasteiger partial charge >= 0.3 is 11.4 Å². The van der Waals surface area contributed by atoms with E-state index in [2.05, 4.69) is 25.7 Å². The van der Waals surface area contributed by atoms with Gasteiger partial charge in [0.25, 0.3) is 11.4 Å². The monoisotopic (exact) mass is 372 g/mol. The number of hydrogen-bond donors (Lipinski definition) is 2. The number of rotatable bonds is 3. The van der Waals surface area contributed by atoms with E-state index in [9.17, 15) is 35.4 Å². The van der Waals surface area contributed by atoms with E-state index >= 15 is 0 Å². The van der Waals surface area contributed by atoms with Crippen molar-refractivity contribution in [3.63, 3.8) is 0 Å². The fraction of sp³-hybridized carbons (Fsp3) is 0.571. The van der Waals surface area contributed by atoms with Crippen molar-refractivity contribution in [2.45, 2.75) is 38.8 Å². The number of aliphatic hydroxyl groups is 1. The molecule has 144 valence electrons. The smallest absolute Gasteiger partial charge is 0.324 e. The van der Waals surface area contributed by atoms with Crippen LogP contribution in [0.2, 0.25) is 0 Å². The predicted octanol–water partition coefficient (Wildman–Crippen LogP) is 1.97. The van der Waals surface area contributed by atoms with Crippen molar-refractivity contribution in [1.82, 2.24) is 4.90 Å². The number of likely N-dealkylation sites (tertiary alicyclic amines) is 1. The molecule has 0 bridgehead atoms. The molecule has 2 rings (SSSR count). The first kappa shape index (κ1) is 21.2. The summed E-state index contributed by atoms with van der Waals surface area (Å²) < 4.78 is 0. The number of phenolic OH excluding ortho intramolecular Hbond substituents is 1. The zero-order valence-electron chi connectivity index (χ0n) is 14.7. The van der Waals surface area contributed by atoms with Crippen LogP contribution in [0.1, 0.15) is 27.7 Å². The Hall–Kier alpha value is -2.86. The Kier molecular flexibility index (Phi) is 5.84. The van der Waals surface area contributed by atoms with Crippen LogP contribution in [0.15, 0.2) is 12.1 Å². The molecule has 1 aliphatic rings. The normalized spacial score (nSPS) is 16.0. The number of nitro benzene ring substituents is 3. The lowest BCUT2D eigenvalue weighted by molar-refractivity contribution is -0.404. The molecule has 2 N–H and O–H groups in total. The maximum Gasteiger partial charge on any atom is 0.324 e. The van der Waals surface area contributed by atoms with Crippen LogP contribution in [0.5, 0.6) is 5.75 Å². The summed E-state index contributed by atoms with van der Waals surface area (Å²) in [4.78, 5) is 30.0. The van der Waals surface area contributed by atoms with E-state index in [1.165, 1.54) is 0 Å². The Labute approximate surface area is 148 Å². The van der Waals surface area contributed by atoms with E-state index in [0.29, 0.717) is 12.1 Å². The third-order valence-corrected chi connectivity index (χ3v) is 3.67. The minimum atomic E-state index is -1.21. The Balaban J connectivity index is 0.000000289. The summed E-state index contributed by atoms with van der Waals surface area (Å²) >= 11 is 0. The second-order valence-corrected chi connectivity index (χ2v) is 7.13. The van der Waals surface area contributed by atoms with E-state index in [1.807, 2.05) is 6.92 Å². The van der Waals surface area contributed by atoms with Crippen LogP contribution in [-0.4, -0.2) is 54.1 Å². The summed E-state index contributed by atoms with van der Waals surface area (Å²) in [6.07, 6.45) is 0. The van der Waals surface area contributed by atoms with Crippen molar-refractivity contribution in [2.24, 2.45) is 0 Å². The Morgan fingerprint density at radius 1 is 1.00 bits per heavy atom. The average Bonchev–Trinajstić information content (AvgIpc) is 2.43. The van der Waals surface area contributed by atoms with Gasteiger partial charge in [-0.25, -0.2) is 0 Å². The molecule has 1 aromatic rings. The SMILES string of the molecule is CC1(O)CN(C(C)(C)C)C1.O=[N+]([O-])c1cc([N+](=O)[O-])c(O)c([N+](=O)[O-])c1. The molecule has 1 heterocycles. The second kappa shape index (κ2) is 7.17. The van der Waals surface area contributed by atoms with Crippen LogP contribution in [0, 0.1) is 30.3 Å². The number of aromatic hydroxyl groups is 1. The summed E-state index contributed by atoms with van der Waals surface area (Å²) in [5.74, 6) is -1.21. The van der Waals surface area contributed by atoms with Crippen LogP contribution in [0.3, 0.4) is 0 Å². The van der Waals surface area contributed by atoms with Crippen molar-refractivity contribution in [1.29, 1.82) is 0 Å². The van der Waals surface area contributed by atoms with Crippen molar-refractivity contribution in [3.05, 3.63) is 42.5 Å². The number of nitro groups is 3. The second-order valence-electron chi connectivity index (χ2n) is 7.13. The molecule has 0 radical (unpaired) electrons. The number of non-ortho nitro benzene ring substituents is 1. The Morgan fingerprint density at radius 3 is 1.58 bits per heavy atom. The minimum Gasteiger partial charge on any atom is -0.497 e. The van der Waals surface area contributed by atoms with Gasteiger partial charge in [0.2, 0.25) is 0 Å². The minimum absolute atomic E-state index is 0.224. The molecule has 0 unspecified atom stereocenters. The first-order valence-corrected chi connectivity index (χ1v) is 7.43. The van der Waals surface area contributed by atoms with E-state index in [4.69, 9.17) is 5.11 Å². The molecule has 1 saturated heterocycles. The van der Waals surface area contributed by atoms with E-state index in [0.717, 1.165) is 13.1 Å². The highest BCUT2D eigenvalue weighted by Gasteiger charge is 2.41. The van der Waals surface area contributed by atoms with Crippen LogP contribution in [0.4, 0.5) is 17.1 Å². The lowest BCUT2D eigenvalue weighted by Gasteiger charge is -2.51. The maximum absolute atomic E-state index is 10.4. The van der Waals surface area contributed by atoms with Gasteiger partial charge in [0, 0.05) is 18.6 Å². The third kappa shape index (κ3) is 5.07. The van der Waals surface area contributed by atoms with Crippen molar-refractivity contribution >= 4 is 17.1 Å². The quantitative estimate of drug-likeness (QED) is 0.593.